The maximum Gasteiger partial charge on any atom is 0.290 e. The monoisotopic (exact) mass is 421 g/mol. The number of carbonyl (C=O) groups is 2. The summed E-state index contributed by atoms with van der Waals surface area (Å²) < 4.78 is 11.1. The second-order valence-electron chi connectivity index (χ2n) is 7.87. The highest BCUT2D eigenvalue weighted by molar-refractivity contribution is 6.16. The van der Waals surface area contributed by atoms with E-state index in [0.29, 0.717) is 30.0 Å². The van der Waals surface area contributed by atoms with Crippen molar-refractivity contribution in [1.82, 2.24) is 4.90 Å². The molecule has 1 aliphatic heterocycles. The molecule has 4 rings (SSSR count). The van der Waals surface area contributed by atoms with E-state index in [2.05, 4.69) is 0 Å². The van der Waals surface area contributed by atoms with E-state index in [1.54, 1.807) is 37.4 Å². The fourth-order valence-corrected chi connectivity index (χ4v) is 3.84. The molecule has 2 N–H and O–H groups in total. The Hall–Kier alpha value is -3.58. The number of carbonyl (C=O) groups excluding carboxylic acids is 2. The first-order valence-electron chi connectivity index (χ1n) is 10.1. The molecule has 0 saturated carbocycles. The highest BCUT2D eigenvalue weighted by Crippen LogP contribution is 2.40. The summed E-state index contributed by atoms with van der Waals surface area (Å²) in [5.74, 6) is -0.913. The lowest BCUT2D eigenvalue weighted by molar-refractivity contribution is -0.857. The van der Waals surface area contributed by atoms with Gasteiger partial charge >= 0.3 is 0 Å². The fraction of sp³-hybridized carbons (Fsp3) is 0.250. The van der Waals surface area contributed by atoms with E-state index in [1.807, 2.05) is 38.4 Å². The lowest BCUT2D eigenvalue weighted by Gasteiger charge is -2.27. The number of para-hydroxylation sites is 1. The van der Waals surface area contributed by atoms with Crippen molar-refractivity contribution in [3.8, 4) is 5.75 Å². The summed E-state index contributed by atoms with van der Waals surface area (Å²) in [5.41, 5.74) is 1.28. The second kappa shape index (κ2) is 8.28. The summed E-state index contributed by atoms with van der Waals surface area (Å²) in [5, 5.41) is 11.5. The van der Waals surface area contributed by atoms with Crippen LogP contribution in [-0.2, 0) is 4.79 Å². The molecule has 160 valence electrons. The quantitative estimate of drug-likeness (QED) is 0.571. The summed E-state index contributed by atoms with van der Waals surface area (Å²) in [6.07, 6.45) is 0. The van der Waals surface area contributed by atoms with Gasteiger partial charge in [-0.2, -0.15) is 0 Å². The van der Waals surface area contributed by atoms with Gasteiger partial charge in [0.05, 0.1) is 45.9 Å². The summed E-state index contributed by atoms with van der Waals surface area (Å²) >= 11 is 0. The number of benzene rings is 2. The number of aliphatic hydroxyl groups excluding tert-OH is 1. The number of ether oxygens (including phenoxy) is 1. The Balaban J connectivity index is 1.80. The number of ketones is 1. The third-order valence-corrected chi connectivity index (χ3v) is 5.46. The maximum absolute atomic E-state index is 13.5. The maximum atomic E-state index is 13.5. The van der Waals surface area contributed by atoms with E-state index in [0.717, 1.165) is 10.3 Å². The zero-order chi connectivity index (χ0) is 22.1. The molecule has 0 spiro atoms. The normalized spacial score (nSPS) is 16.6. The van der Waals surface area contributed by atoms with Gasteiger partial charge in [0.25, 0.3) is 5.91 Å². The highest BCUT2D eigenvalue weighted by Gasteiger charge is 2.44. The number of likely N-dealkylation sites (N-methyl/N-ethyl adjacent to an activating group) is 1. The molecule has 2 aromatic carbocycles. The van der Waals surface area contributed by atoms with Crippen LogP contribution < -0.4 is 9.64 Å². The van der Waals surface area contributed by atoms with Gasteiger partial charge in [0, 0.05) is 5.39 Å². The van der Waals surface area contributed by atoms with Gasteiger partial charge in [0.1, 0.15) is 11.3 Å². The third-order valence-electron chi connectivity index (χ3n) is 5.46. The Kier molecular flexibility index (Phi) is 5.52. The molecule has 0 radical (unpaired) electrons. The first-order chi connectivity index (χ1) is 14.9. The minimum atomic E-state index is -0.734. The summed E-state index contributed by atoms with van der Waals surface area (Å²) in [6, 6.07) is 15.4. The molecule has 7 nitrogen and oxygen atoms in total. The molecule has 0 fully saturated rings. The Bertz CT molecular complexity index is 1140. The van der Waals surface area contributed by atoms with Crippen molar-refractivity contribution in [3.63, 3.8) is 0 Å². The van der Waals surface area contributed by atoms with Gasteiger partial charge in [-0.25, -0.2) is 0 Å². The average Bonchev–Trinajstić information content (AvgIpc) is 3.31. The molecular formula is C24H25N2O5+. The first kappa shape index (κ1) is 20.7. The Morgan fingerprint density at radius 3 is 2.65 bits per heavy atom. The lowest BCUT2D eigenvalue weighted by atomic mass is 9.95. The molecule has 0 aliphatic carbocycles. The SMILES string of the molecule is COc1cccc([C@H]2C(C(=O)c3cc4ccccc4o3)=C(O)C(=O)N2CC[NH+](C)C)c1. The van der Waals surface area contributed by atoms with Crippen LogP contribution in [-0.4, -0.2) is 56.0 Å². The Morgan fingerprint density at radius 2 is 1.94 bits per heavy atom. The predicted octanol–water partition coefficient (Wildman–Crippen LogP) is 2.16. The number of fused-ring (bicyclic) bond motifs is 1. The standard InChI is InChI=1S/C24H24N2O5/c1-25(2)11-12-26-21(16-8-6-9-17(13-16)30-3)20(23(28)24(26)29)22(27)19-14-15-7-4-5-10-18(15)31-19/h4-10,13-14,21,28H,11-12H2,1-3H3/p+1/t21-/m0/s1. The van der Waals surface area contributed by atoms with Crippen molar-refractivity contribution in [2.75, 3.05) is 34.3 Å². The number of furan rings is 1. The number of nitrogens with one attached hydrogen (secondary N) is 1. The molecule has 31 heavy (non-hydrogen) atoms. The van der Waals surface area contributed by atoms with Gasteiger partial charge in [-0.1, -0.05) is 30.3 Å². The summed E-state index contributed by atoms with van der Waals surface area (Å²) in [4.78, 5) is 29.1. The van der Waals surface area contributed by atoms with Gasteiger partial charge in [0.2, 0.25) is 5.78 Å². The van der Waals surface area contributed by atoms with Gasteiger partial charge in [-0.05, 0) is 29.8 Å². The van der Waals surface area contributed by atoms with Crippen LogP contribution in [0.5, 0.6) is 5.75 Å². The largest absolute Gasteiger partial charge is 0.503 e. The van der Waals surface area contributed by atoms with Crippen LogP contribution in [0.15, 0.2) is 70.3 Å². The van der Waals surface area contributed by atoms with Crippen LogP contribution in [0.3, 0.4) is 0 Å². The van der Waals surface area contributed by atoms with Crippen molar-refractivity contribution in [2.45, 2.75) is 6.04 Å². The van der Waals surface area contributed by atoms with E-state index < -0.39 is 23.5 Å². The number of hydrogen-bond acceptors (Lipinski definition) is 5. The zero-order valence-corrected chi connectivity index (χ0v) is 17.7. The fourth-order valence-electron chi connectivity index (χ4n) is 3.84. The number of aliphatic hydroxyl groups is 1. The molecule has 1 aliphatic rings. The van der Waals surface area contributed by atoms with Crippen molar-refractivity contribution in [1.29, 1.82) is 0 Å². The topological polar surface area (TPSA) is 84.4 Å². The molecule has 0 saturated heterocycles. The summed E-state index contributed by atoms with van der Waals surface area (Å²) in [6.45, 7) is 1.04. The number of amides is 1. The van der Waals surface area contributed by atoms with E-state index in [1.165, 1.54) is 4.90 Å². The number of nitrogens with zero attached hydrogens (tertiary/aromatic N) is 1. The van der Waals surface area contributed by atoms with Gasteiger partial charge in [-0.15, -0.1) is 0 Å². The minimum absolute atomic E-state index is 0.0195. The summed E-state index contributed by atoms with van der Waals surface area (Å²) in [7, 11) is 5.52. The van der Waals surface area contributed by atoms with Gasteiger partial charge < -0.3 is 24.1 Å². The Labute approximate surface area is 180 Å². The molecule has 0 unspecified atom stereocenters. The molecule has 0 bridgehead atoms. The minimum Gasteiger partial charge on any atom is -0.503 e. The van der Waals surface area contributed by atoms with E-state index in [9.17, 15) is 14.7 Å². The number of Topliss-reactive ketones (excluding diaryl/α,β-unsaturated/α-hetero) is 1. The molecule has 1 aromatic heterocycles. The number of hydrogen-bond donors (Lipinski definition) is 2. The van der Waals surface area contributed by atoms with Crippen molar-refractivity contribution >= 4 is 22.7 Å². The van der Waals surface area contributed by atoms with Gasteiger partial charge in [0.15, 0.2) is 11.5 Å². The van der Waals surface area contributed by atoms with Crippen molar-refractivity contribution < 1.29 is 28.7 Å². The number of rotatable bonds is 7. The van der Waals surface area contributed by atoms with Crippen LogP contribution in [0.25, 0.3) is 11.0 Å². The van der Waals surface area contributed by atoms with Crippen LogP contribution in [0.2, 0.25) is 0 Å². The number of quaternary nitrogens is 1. The zero-order valence-electron chi connectivity index (χ0n) is 17.7. The van der Waals surface area contributed by atoms with E-state index in [4.69, 9.17) is 9.15 Å². The van der Waals surface area contributed by atoms with Crippen molar-refractivity contribution in [3.05, 3.63) is 77.3 Å². The first-order valence-corrected chi connectivity index (χ1v) is 10.1. The third kappa shape index (κ3) is 3.80. The van der Waals surface area contributed by atoms with E-state index >= 15 is 0 Å². The molecule has 1 atom stereocenters. The predicted molar refractivity (Wildman–Crippen MR) is 115 cm³/mol. The van der Waals surface area contributed by atoms with Crippen LogP contribution >= 0.6 is 0 Å². The smallest absolute Gasteiger partial charge is 0.290 e. The second-order valence-corrected chi connectivity index (χ2v) is 7.87. The van der Waals surface area contributed by atoms with Crippen LogP contribution in [0.4, 0.5) is 0 Å². The van der Waals surface area contributed by atoms with Gasteiger partial charge in [-0.3, -0.25) is 9.59 Å². The van der Waals surface area contributed by atoms with Crippen LogP contribution in [0.1, 0.15) is 22.2 Å². The molecule has 1 amide bonds. The number of methoxy groups -OCH3 is 1. The van der Waals surface area contributed by atoms with Crippen LogP contribution in [0, 0.1) is 0 Å². The molecule has 7 heteroatoms. The molecule has 3 aromatic rings. The van der Waals surface area contributed by atoms with Crippen molar-refractivity contribution in [2.24, 2.45) is 0 Å². The molecule has 2 heterocycles. The Morgan fingerprint density at radius 1 is 1.16 bits per heavy atom. The van der Waals surface area contributed by atoms with E-state index in [-0.39, 0.29) is 11.3 Å². The lowest BCUT2D eigenvalue weighted by Crippen LogP contribution is -3.06. The molecular weight excluding hydrogens is 396 g/mol. The highest BCUT2D eigenvalue weighted by atomic mass is 16.5. The average molecular weight is 421 g/mol.